The van der Waals surface area contributed by atoms with Gasteiger partial charge in [-0.1, -0.05) is 29.8 Å². The van der Waals surface area contributed by atoms with E-state index < -0.39 is 0 Å². The number of hydrogen-bond acceptors (Lipinski definition) is 2. The molecule has 0 radical (unpaired) electrons. The first-order valence-electron chi connectivity index (χ1n) is 7.05. The van der Waals surface area contributed by atoms with Crippen LogP contribution in [-0.4, -0.2) is 25.1 Å². The van der Waals surface area contributed by atoms with Crippen LogP contribution in [0.1, 0.15) is 38.7 Å². The van der Waals surface area contributed by atoms with Gasteiger partial charge in [0.2, 0.25) is 0 Å². The van der Waals surface area contributed by atoms with E-state index in [4.69, 9.17) is 4.74 Å². The van der Waals surface area contributed by atoms with Crippen LogP contribution < -0.4 is 4.74 Å². The van der Waals surface area contributed by atoms with Crippen molar-refractivity contribution in [2.45, 2.75) is 39.7 Å². The quantitative estimate of drug-likeness (QED) is 0.812. The van der Waals surface area contributed by atoms with E-state index in [1.165, 1.54) is 37.9 Å². The lowest BCUT2D eigenvalue weighted by Crippen LogP contribution is -2.25. The van der Waals surface area contributed by atoms with E-state index in [-0.39, 0.29) is 0 Å². The van der Waals surface area contributed by atoms with Crippen molar-refractivity contribution in [1.82, 2.24) is 4.90 Å². The maximum Gasteiger partial charge on any atom is 0.123 e. The highest BCUT2D eigenvalue weighted by Crippen LogP contribution is 2.31. The largest absolute Gasteiger partial charge is 0.496 e. The van der Waals surface area contributed by atoms with Gasteiger partial charge in [0.15, 0.2) is 0 Å². The Balaban J connectivity index is 2.06. The van der Waals surface area contributed by atoms with Gasteiger partial charge in [-0.2, -0.15) is 0 Å². The van der Waals surface area contributed by atoms with Crippen molar-refractivity contribution in [3.05, 3.63) is 28.2 Å². The minimum atomic E-state index is 0.496. The fourth-order valence-electron chi connectivity index (χ4n) is 2.75. The van der Waals surface area contributed by atoms with Crippen LogP contribution in [0.15, 0.2) is 22.7 Å². The second kappa shape index (κ2) is 6.27. The molecule has 0 saturated carbocycles. The molecule has 1 aliphatic heterocycles. The van der Waals surface area contributed by atoms with E-state index in [1.807, 2.05) is 12.1 Å². The Morgan fingerprint density at radius 1 is 1.26 bits per heavy atom. The van der Waals surface area contributed by atoms with Gasteiger partial charge in [0.05, 0.1) is 7.11 Å². The maximum atomic E-state index is 5.47. The summed E-state index contributed by atoms with van der Waals surface area (Å²) in [6, 6.07) is 6.25. The Morgan fingerprint density at radius 2 is 2.05 bits per heavy atom. The molecule has 1 aromatic rings. The molecule has 106 valence electrons. The molecular weight excluding hydrogens is 302 g/mol. The summed E-state index contributed by atoms with van der Waals surface area (Å²) in [6.45, 7) is 8.13. The molecule has 1 heterocycles. The number of hydrogen-bond donors (Lipinski definition) is 0. The number of likely N-dealkylation sites (tertiary alicyclic amines) is 1. The van der Waals surface area contributed by atoms with Gasteiger partial charge in [-0.3, -0.25) is 4.90 Å². The molecule has 0 aliphatic carbocycles. The highest BCUT2D eigenvalue weighted by molar-refractivity contribution is 9.10. The van der Waals surface area contributed by atoms with E-state index in [9.17, 15) is 0 Å². The fraction of sp³-hybridized carbons (Fsp3) is 0.625. The smallest absolute Gasteiger partial charge is 0.123 e. The Labute approximate surface area is 125 Å². The molecule has 1 fully saturated rings. The summed E-state index contributed by atoms with van der Waals surface area (Å²) >= 11 is 3.55. The number of benzene rings is 1. The van der Waals surface area contributed by atoms with Crippen LogP contribution >= 0.6 is 15.9 Å². The SMILES string of the molecule is COc1ccc(Br)cc1CN1CCCC(C)(C)CC1. The fourth-order valence-corrected chi connectivity index (χ4v) is 3.16. The summed E-state index contributed by atoms with van der Waals surface area (Å²) in [5.74, 6) is 0.992. The highest BCUT2D eigenvalue weighted by atomic mass is 79.9. The van der Waals surface area contributed by atoms with Gasteiger partial charge in [-0.15, -0.1) is 0 Å². The van der Waals surface area contributed by atoms with E-state index in [0.717, 1.165) is 16.8 Å². The molecule has 19 heavy (non-hydrogen) atoms. The zero-order valence-corrected chi connectivity index (χ0v) is 13.8. The minimum absolute atomic E-state index is 0.496. The lowest BCUT2D eigenvalue weighted by Gasteiger charge is -2.24. The molecule has 0 spiro atoms. The first-order valence-corrected chi connectivity index (χ1v) is 7.84. The summed E-state index contributed by atoms with van der Waals surface area (Å²) in [4.78, 5) is 2.55. The van der Waals surface area contributed by atoms with Gasteiger partial charge in [-0.25, -0.2) is 0 Å². The molecule has 1 aliphatic rings. The van der Waals surface area contributed by atoms with Gasteiger partial charge in [-0.05, 0) is 56.0 Å². The Morgan fingerprint density at radius 3 is 2.79 bits per heavy atom. The number of ether oxygens (including phenoxy) is 1. The minimum Gasteiger partial charge on any atom is -0.496 e. The topological polar surface area (TPSA) is 12.5 Å². The number of halogens is 1. The van der Waals surface area contributed by atoms with Gasteiger partial charge in [0, 0.05) is 16.6 Å². The zero-order chi connectivity index (χ0) is 13.9. The lowest BCUT2D eigenvalue weighted by atomic mass is 9.85. The van der Waals surface area contributed by atoms with E-state index >= 15 is 0 Å². The molecule has 2 rings (SSSR count). The Kier molecular flexibility index (Phi) is 4.91. The van der Waals surface area contributed by atoms with Crippen LogP contribution in [0.3, 0.4) is 0 Å². The predicted molar refractivity (Wildman–Crippen MR) is 83.6 cm³/mol. The van der Waals surface area contributed by atoms with Crippen molar-refractivity contribution in [2.75, 3.05) is 20.2 Å². The average Bonchev–Trinajstić information content (AvgIpc) is 2.51. The van der Waals surface area contributed by atoms with E-state index in [1.54, 1.807) is 7.11 Å². The molecule has 0 N–H and O–H groups in total. The summed E-state index contributed by atoms with van der Waals surface area (Å²) in [7, 11) is 1.75. The Bertz CT molecular complexity index is 431. The van der Waals surface area contributed by atoms with Crippen LogP contribution in [0.25, 0.3) is 0 Å². The molecule has 2 nitrogen and oxygen atoms in total. The second-order valence-corrected chi connectivity index (χ2v) is 7.17. The zero-order valence-electron chi connectivity index (χ0n) is 12.2. The van der Waals surface area contributed by atoms with E-state index in [2.05, 4.69) is 40.7 Å². The third-order valence-electron chi connectivity index (χ3n) is 4.07. The van der Waals surface area contributed by atoms with Crippen molar-refractivity contribution in [1.29, 1.82) is 0 Å². The summed E-state index contributed by atoms with van der Waals surface area (Å²) < 4.78 is 6.59. The van der Waals surface area contributed by atoms with Gasteiger partial charge in [0.25, 0.3) is 0 Å². The molecule has 0 bridgehead atoms. The van der Waals surface area contributed by atoms with Crippen molar-refractivity contribution < 1.29 is 4.74 Å². The lowest BCUT2D eigenvalue weighted by molar-refractivity contribution is 0.252. The molecular formula is C16H24BrNO. The average molecular weight is 326 g/mol. The van der Waals surface area contributed by atoms with Crippen molar-refractivity contribution >= 4 is 15.9 Å². The van der Waals surface area contributed by atoms with Crippen LogP contribution in [0.5, 0.6) is 5.75 Å². The molecule has 0 unspecified atom stereocenters. The van der Waals surface area contributed by atoms with Crippen molar-refractivity contribution in [3.8, 4) is 5.75 Å². The van der Waals surface area contributed by atoms with Crippen LogP contribution in [-0.2, 0) is 6.54 Å². The normalized spacial score (nSPS) is 20.0. The number of nitrogens with zero attached hydrogens (tertiary/aromatic N) is 1. The van der Waals surface area contributed by atoms with Gasteiger partial charge < -0.3 is 4.74 Å². The molecule has 0 amide bonds. The van der Waals surface area contributed by atoms with Gasteiger partial charge >= 0.3 is 0 Å². The third-order valence-corrected chi connectivity index (χ3v) is 4.56. The highest BCUT2D eigenvalue weighted by Gasteiger charge is 2.23. The van der Waals surface area contributed by atoms with Crippen molar-refractivity contribution in [2.24, 2.45) is 5.41 Å². The van der Waals surface area contributed by atoms with E-state index in [0.29, 0.717) is 5.41 Å². The van der Waals surface area contributed by atoms with Crippen LogP contribution in [0, 0.1) is 5.41 Å². The molecule has 0 atom stereocenters. The standard InChI is InChI=1S/C16H24BrNO/c1-16(2)7-4-9-18(10-8-16)12-13-11-14(17)5-6-15(13)19-3/h5-6,11H,4,7-10,12H2,1-3H3. The number of methoxy groups -OCH3 is 1. The Hall–Kier alpha value is -0.540. The number of rotatable bonds is 3. The predicted octanol–water partition coefficient (Wildman–Crippen LogP) is 4.47. The van der Waals surface area contributed by atoms with Crippen molar-refractivity contribution in [3.63, 3.8) is 0 Å². The second-order valence-electron chi connectivity index (χ2n) is 6.25. The summed E-state index contributed by atoms with van der Waals surface area (Å²) in [6.07, 6.45) is 3.91. The monoisotopic (exact) mass is 325 g/mol. The van der Waals surface area contributed by atoms with Gasteiger partial charge in [0.1, 0.15) is 5.75 Å². The maximum absolute atomic E-state index is 5.47. The molecule has 0 aromatic heterocycles. The summed E-state index contributed by atoms with van der Waals surface area (Å²) in [5, 5.41) is 0. The molecule has 1 saturated heterocycles. The van der Waals surface area contributed by atoms with Crippen LogP contribution in [0.4, 0.5) is 0 Å². The first-order chi connectivity index (χ1) is 9.00. The molecule has 3 heteroatoms. The first kappa shape index (κ1) is 14.9. The third kappa shape index (κ3) is 4.22. The molecule has 1 aromatic carbocycles. The summed E-state index contributed by atoms with van der Waals surface area (Å²) in [5.41, 5.74) is 1.77. The van der Waals surface area contributed by atoms with Crippen LogP contribution in [0.2, 0.25) is 0 Å².